The highest BCUT2D eigenvalue weighted by molar-refractivity contribution is 5.97. The number of ketones is 1. The van der Waals surface area contributed by atoms with E-state index in [1.807, 2.05) is 47.0 Å². The minimum atomic E-state index is -0.0945. The molecule has 2 aromatic heterocycles. The third-order valence-corrected chi connectivity index (χ3v) is 6.57. The number of methoxy groups -OCH3 is 3. The summed E-state index contributed by atoms with van der Waals surface area (Å²) in [5.41, 5.74) is 5.68. The molecule has 0 N–H and O–H groups in total. The van der Waals surface area contributed by atoms with E-state index in [1.165, 1.54) is 0 Å². The molecule has 0 bridgehead atoms. The Bertz CT molecular complexity index is 1390. The zero-order valence-corrected chi connectivity index (χ0v) is 20.5. The molecule has 0 amide bonds. The molecule has 35 heavy (non-hydrogen) atoms. The molecule has 1 aliphatic carbocycles. The number of fused-ring (bicyclic) bond motifs is 3. The van der Waals surface area contributed by atoms with Crippen molar-refractivity contribution in [2.45, 2.75) is 38.5 Å². The average molecular weight is 473 g/mol. The van der Waals surface area contributed by atoms with E-state index in [1.54, 1.807) is 21.3 Å². The van der Waals surface area contributed by atoms with Crippen molar-refractivity contribution in [3.63, 3.8) is 0 Å². The van der Waals surface area contributed by atoms with Crippen LogP contribution in [0.1, 0.15) is 59.5 Å². The van der Waals surface area contributed by atoms with Crippen molar-refractivity contribution < 1.29 is 19.0 Å². The first kappa shape index (κ1) is 22.8. The van der Waals surface area contributed by atoms with Crippen molar-refractivity contribution >= 4 is 11.4 Å². The maximum absolute atomic E-state index is 13.2. The standard InChI is InChI=1S/C27H28N4O4/c1-15(2)24-23(16-9-7-6-8-10-16)27-29-28-25-19(31(27)30-24)11-17(12-20(25)32)18-13-21(33-3)26(35-5)22(14-18)34-4/h6-10,13-15,17H,11-12H2,1-5H3. The highest BCUT2D eigenvalue weighted by atomic mass is 16.5. The second-order valence-electron chi connectivity index (χ2n) is 9.00. The summed E-state index contributed by atoms with van der Waals surface area (Å²) in [6.45, 7) is 4.22. The molecule has 0 radical (unpaired) electrons. The van der Waals surface area contributed by atoms with E-state index in [-0.39, 0.29) is 17.6 Å². The number of carbonyl (C=O) groups excluding carboxylic acids is 1. The topological polar surface area (TPSA) is 87.8 Å². The molecule has 2 aromatic carbocycles. The fourth-order valence-corrected chi connectivity index (χ4v) is 4.85. The third kappa shape index (κ3) is 3.79. The van der Waals surface area contributed by atoms with E-state index in [0.717, 1.165) is 28.1 Å². The van der Waals surface area contributed by atoms with Crippen LogP contribution in [0.15, 0.2) is 42.5 Å². The predicted octanol–water partition coefficient (Wildman–Crippen LogP) is 4.85. The van der Waals surface area contributed by atoms with Crippen LogP contribution in [0.25, 0.3) is 16.8 Å². The van der Waals surface area contributed by atoms with Gasteiger partial charge in [0.2, 0.25) is 5.75 Å². The largest absolute Gasteiger partial charge is 0.493 e. The smallest absolute Gasteiger partial charge is 0.203 e. The third-order valence-electron chi connectivity index (χ3n) is 6.57. The van der Waals surface area contributed by atoms with Gasteiger partial charge in [0.15, 0.2) is 28.6 Å². The van der Waals surface area contributed by atoms with Gasteiger partial charge < -0.3 is 14.2 Å². The molecule has 0 fully saturated rings. The Balaban J connectivity index is 1.66. The first-order chi connectivity index (χ1) is 17.0. The van der Waals surface area contributed by atoms with Crippen LogP contribution in [0.3, 0.4) is 0 Å². The van der Waals surface area contributed by atoms with Gasteiger partial charge in [0, 0.05) is 6.42 Å². The second-order valence-corrected chi connectivity index (χ2v) is 9.00. The summed E-state index contributed by atoms with van der Waals surface area (Å²) in [5, 5.41) is 13.8. The molecule has 2 heterocycles. The van der Waals surface area contributed by atoms with Gasteiger partial charge in [-0.25, -0.2) is 4.52 Å². The van der Waals surface area contributed by atoms with Gasteiger partial charge in [0.05, 0.1) is 38.3 Å². The Morgan fingerprint density at radius 2 is 1.63 bits per heavy atom. The Hall–Kier alpha value is -3.94. The van der Waals surface area contributed by atoms with Gasteiger partial charge in [-0.1, -0.05) is 44.2 Å². The Morgan fingerprint density at radius 3 is 2.23 bits per heavy atom. The molecule has 0 aliphatic heterocycles. The van der Waals surface area contributed by atoms with Crippen LogP contribution in [-0.4, -0.2) is 46.9 Å². The summed E-state index contributed by atoms with van der Waals surface area (Å²) < 4.78 is 18.4. The zero-order valence-electron chi connectivity index (χ0n) is 20.5. The van der Waals surface area contributed by atoms with Crippen molar-refractivity contribution in [3.8, 4) is 28.4 Å². The van der Waals surface area contributed by atoms with Gasteiger partial charge in [-0.2, -0.15) is 5.10 Å². The summed E-state index contributed by atoms with van der Waals surface area (Å²) in [6, 6.07) is 13.9. The van der Waals surface area contributed by atoms with Crippen LogP contribution in [0.5, 0.6) is 17.2 Å². The van der Waals surface area contributed by atoms with Crippen molar-refractivity contribution in [1.82, 2.24) is 19.8 Å². The molecule has 1 atom stereocenters. The van der Waals surface area contributed by atoms with Gasteiger partial charge in [0.1, 0.15) is 0 Å². The molecule has 1 aliphatic rings. The van der Waals surface area contributed by atoms with Crippen LogP contribution in [-0.2, 0) is 6.42 Å². The maximum Gasteiger partial charge on any atom is 0.203 e. The number of carbonyl (C=O) groups is 1. The van der Waals surface area contributed by atoms with E-state index in [4.69, 9.17) is 19.3 Å². The van der Waals surface area contributed by atoms with E-state index in [2.05, 4.69) is 24.0 Å². The van der Waals surface area contributed by atoms with Gasteiger partial charge in [-0.3, -0.25) is 4.79 Å². The minimum Gasteiger partial charge on any atom is -0.493 e. The van der Waals surface area contributed by atoms with Crippen LogP contribution < -0.4 is 14.2 Å². The Labute approximate surface area is 203 Å². The first-order valence-corrected chi connectivity index (χ1v) is 11.6. The molecule has 0 saturated carbocycles. The van der Waals surface area contributed by atoms with Crippen LogP contribution in [0, 0.1) is 0 Å². The molecular formula is C27H28N4O4. The number of benzene rings is 2. The highest BCUT2D eigenvalue weighted by Gasteiger charge is 2.33. The molecule has 0 spiro atoms. The summed E-state index contributed by atoms with van der Waals surface area (Å²) in [5.74, 6) is 1.67. The fourth-order valence-electron chi connectivity index (χ4n) is 4.85. The monoisotopic (exact) mass is 472 g/mol. The summed E-state index contributed by atoms with van der Waals surface area (Å²) >= 11 is 0. The molecule has 0 saturated heterocycles. The van der Waals surface area contributed by atoms with Crippen molar-refractivity contribution in [3.05, 3.63) is 65.1 Å². The van der Waals surface area contributed by atoms with Crippen LogP contribution in [0.2, 0.25) is 0 Å². The molecule has 8 heteroatoms. The number of hydrogen-bond donors (Lipinski definition) is 0. The van der Waals surface area contributed by atoms with Gasteiger partial charge in [-0.05, 0) is 41.5 Å². The van der Waals surface area contributed by atoms with Gasteiger partial charge >= 0.3 is 0 Å². The average Bonchev–Trinajstić information content (AvgIpc) is 3.28. The number of Topliss-reactive ketones (excluding diaryl/α,β-unsaturated/α-hetero) is 1. The number of rotatable bonds is 6. The van der Waals surface area contributed by atoms with Crippen LogP contribution in [0.4, 0.5) is 0 Å². The Kier molecular flexibility index (Phi) is 5.88. The number of ether oxygens (including phenoxy) is 3. The van der Waals surface area contributed by atoms with Crippen molar-refractivity contribution in [1.29, 1.82) is 0 Å². The molecule has 180 valence electrons. The van der Waals surface area contributed by atoms with Gasteiger partial charge in [-0.15, -0.1) is 10.2 Å². The first-order valence-electron chi connectivity index (χ1n) is 11.6. The highest BCUT2D eigenvalue weighted by Crippen LogP contribution is 2.43. The number of nitrogens with zero attached hydrogens (tertiary/aromatic N) is 4. The zero-order chi connectivity index (χ0) is 24.7. The summed E-state index contributed by atoms with van der Waals surface area (Å²) in [7, 11) is 4.75. The summed E-state index contributed by atoms with van der Waals surface area (Å²) in [4.78, 5) is 13.2. The quantitative estimate of drug-likeness (QED) is 0.396. The molecule has 8 nitrogen and oxygen atoms in total. The van der Waals surface area contributed by atoms with Crippen molar-refractivity contribution in [2.24, 2.45) is 0 Å². The van der Waals surface area contributed by atoms with E-state index in [9.17, 15) is 4.79 Å². The second kappa shape index (κ2) is 9.02. The SMILES string of the molecule is COc1cc(C2CC(=O)c3nnc4c(-c5ccccc5)c(C(C)C)nn4c3C2)cc(OC)c1OC. The minimum absolute atomic E-state index is 0.0535. The normalized spacial score (nSPS) is 15.4. The van der Waals surface area contributed by atoms with Crippen molar-refractivity contribution in [2.75, 3.05) is 21.3 Å². The predicted molar refractivity (Wildman–Crippen MR) is 132 cm³/mol. The number of hydrogen-bond acceptors (Lipinski definition) is 7. The molecule has 5 rings (SSSR count). The molecule has 1 unspecified atom stereocenters. The lowest BCUT2D eigenvalue weighted by atomic mass is 9.83. The summed E-state index contributed by atoms with van der Waals surface area (Å²) in [6.07, 6.45) is 0.898. The fraction of sp³-hybridized carbons (Fsp3) is 0.333. The van der Waals surface area contributed by atoms with E-state index in [0.29, 0.717) is 41.4 Å². The lowest BCUT2D eigenvalue weighted by Crippen LogP contribution is -2.24. The van der Waals surface area contributed by atoms with E-state index >= 15 is 0 Å². The molecule has 4 aromatic rings. The lowest BCUT2D eigenvalue weighted by molar-refractivity contribution is 0.0955. The number of aromatic nitrogens is 4. The Morgan fingerprint density at radius 1 is 0.943 bits per heavy atom. The van der Waals surface area contributed by atoms with Gasteiger partial charge in [0.25, 0.3) is 0 Å². The van der Waals surface area contributed by atoms with E-state index < -0.39 is 0 Å². The maximum atomic E-state index is 13.2. The lowest BCUT2D eigenvalue weighted by Gasteiger charge is -2.24. The van der Waals surface area contributed by atoms with Crippen LogP contribution >= 0.6 is 0 Å². The molecular weight excluding hydrogens is 444 g/mol.